The molecule has 1 aliphatic heterocycles. The van der Waals surface area contributed by atoms with Crippen molar-refractivity contribution in [2.45, 2.75) is 25.6 Å². The van der Waals surface area contributed by atoms with Crippen molar-refractivity contribution in [1.82, 2.24) is 0 Å². The van der Waals surface area contributed by atoms with Gasteiger partial charge in [0, 0.05) is 6.42 Å². The van der Waals surface area contributed by atoms with Crippen molar-refractivity contribution in [3.05, 3.63) is 35.7 Å². The van der Waals surface area contributed by atoms with Crippen LogP contribution in [0.25, 0.3) is 4.85 Å². The van der Waals surface area contributed by atoms with Crippen LogP contribution in [-0.4, -0.2) is 12.9 Å². The summed E-state index contributed by atoms with van der Waals surface area (Å²) in [5.41, 5.74) is 0.631. The summed E-state index contributed by atoms with van der Waals surface area (Å²) in [4.78, 5) is 3.32. The molecule has 0 bridgehead atoms. The molecule has 0 amide bonds. The highest BCUT2D eigenvalue weighted by atomic mass is 16.7. The van der Waals surface area contributed by atoms with Gasteiger partial charge in [0.2, 0.25) is 0 Å². The fourth-order valence-electron chi connectivity index (χ4n) is 1.56. The van der Waals surface area contributed by atoms with E-state index in [1.165, 1.54) is 0 Å². The molecule has 3 heteroatoms. The minimum atomic E-state index is -0.113. The summed E-state index contributed by atoms with van der Waals surface area (Å²) in [5, 5.41) is 0. The molecule has 15 heavy (non-hydrogen) atoms. The Morgan fingerprint density at radius 1 is 1.27 bits per heavy atom. The average Bonchev–Trinajstić information content (AvgIpc) is 2.31. The standard InChI is InChI=1S/C12H13NO2/c1-13-10-5-7-11(8-6-10)15-12-4-2-3-9-14-12/h5-8,12H,2-4,9H2. The fourth-order valence-corrected chi connectivity index (χ4v) is 1.56. The van der Waals surface area contributed by atoms with Gasteiger partial charge in [0.15, 0.2) is 12.0 Å². The Bertz CT molecular complexity index is 347. The van der Waals surface area contributed by atoms with Crippen LogP contribution in [0.2, 0.25) is 0 Å². The molecule has 78 valence electrons. The predicted octanol–water partition coefficient (Wildman–Crippen LogP) is 3.14. The van der Waals surface area contributed by atoms with E-state index >= 15 is 0 Å². The van der Waals surface area contributed by atoms with Crippen molar-refractivity contribution in [1.29, 1.82) is 0 Å². The average molecular weight is 203 g/mol. The van der Waals surface area contributed by atoms with Gasteiger partial charge < -0.3 is 9.47 Å². The molecule has 1 aromatic rings. The van der Waals surface area contributed by atoms with E-state index in [2.05, 4.69) is 4.85 Å². The second-order valence-electron chi connectivity index (χ2n) is 3.52. The van der Waals surface area contributed by atoms with Crippen molar-refractivity contribution in [2.24, 2.45) is 0 Å². The van der Waals surface area contributed by atoms with Gasteiger partial charge >= 0.3 is 0 Å². The van der Waals surface area contributed by atoms with Crippen molar-refractivity contribution in [2.75, 3.05) is 6.61 Å². The van der Waals surface area contributed by atoms with Crippen LogP contribution in [0.4, 0.5) is 5.69 Å². The lowest BCUT2D eigenvalue weighted by molar-refractivity contribution is -0.105. The second-order valence-corrected chi connectivity index (χ2v) is 3.52. The van der Waals surface area contributed by atoms with E-state index in [-0.39, 0.29) is 6.29 Å². The molecular weight excluding hydrogens is 190 g/mol. The Hall–Kier alpha value is -1.53. The molecule has 0 N–H and O–H groups in total. The van der Waals surface area contributed by atoms with Gasteiger partial charge in [-0.05, 0) is 25.0 Å². The van der Waals surface area contributed by atoms with E-state index in [9.17, 15) is 0 Å². The first-order valence-electron chi connectivity index (χ1n) is 5.14. The van der Waals surface area contributed by atoms with Gasteiger partial charge in [-0.2, -0.15) is 0 Å². The molecule has 1 saturated heterocycles. The quantitative estimate of drug-likeness (QED) is 0.689. The van der Waals surface area contributed by atoms with Gasteiger partial charge in [0.1, 0.15) is 5.75 Å². The number of ether oxygens (including phenoxy) is 2. The summed E-state index contributed by atoms with van der Waals surface area (Å²) in [6, 6.07) is 7.13. The normalized spacial score (nSPS) is 20.6. The largest absolute Gasteiger partial charge is 0.465 e. The number of hydrogen-bond acceptors (Lipinski definition) is 2. The molecule has 1 unspecified atom stereocenters. The first kappa shape index (κ1) is 10.0. The van der Waals surface area contributed by atoms with Crippen molar-refractivity contribution >= 4 is 5.69 Å². The Kier molecular flexibility index (Phi) is 3.21. The Balaban J connectivity index is 1.95. The van der Waals surface area contributed by atoms with Crippen LogP contribution >= 0.6 is 0 Å². The molecule has 0 saturated carbocycles. The number of nitrogens with zero attached hydrogens (tertiary/aromatic N) is 1. The van der Waals surface area contributed by atoms with Gasteiger partial charge in [-0.25, -0.2) is 4.85 Å². The number of rotatable bonds is 2. The van der Waals surface area contributed by atoms with Crippen LogP contribution in [0.15, 0.2) is 24.3 Å². The van der Waals surface area contributed by atoms with Crippen molar-refractivity contribution in [3.8, 4) is 5.75 Å². The maximum absolute atomic E-state index is 6.83. The van der Waals surface area contributed by atoms with E-state index in [4.69, 9.17) is 16.0 Å². The Labute approximate surface area is 89.4 Å². The van der Waals surface area contributed by atoms with Gasteiger partial charge in [0.25, 0.3) is 0 Å². The SMILES string of the molecule is [C-]#[N+]c1ccc(OC2CCCCO2)cc1. The lowest BCUT2D eigenvalue weighted by Crippen LogP contribution is -2.24. The van der Waals surface area contributed by atoms with Crippen molar-refractivity contribution in [3.63, 3.8) is 0 Å². The van der Waals surface area contributed by atoms with Crippen LogP contribution in [0.3, 0.4) is 0 Å². The maximum Gasteiger partial charge on any atom is 0.199 e. The highest BCUT2D eigenvalue weighted by molar-refractivity contribution is 5.46. The van der Waals surface area contributed by atoms with Crippen LogP contribution in [0.5, 0.6) is 5.75 Å². The Morgan fingerprint density at radius 2 is 2.07 bits per heavy atom. The molecule has 1 fully saturated rings. The van der Waals surface area contributed by atoms with Gasteiger partial charge in [0.05, 0.1) is 13.2 Å². The van der Waals surface area contributed by atoms with E-state index in [1.54, 1.807) is 12.1 Å². The van der Waals surface area contributed by atoms with E-state index in [0.29, 0.717) is 5.69 Å². The van der Waals surface area contributed by atoms with Crippen LogP contribution < -0.4 is 4.74 Å². The molecule has 0 spiro atoms. The van der Waals surface area contributed by atoms with E-state index in [1.807, 2.05) is 12.1 Å². The summed E-state index contributed by atoms with van der Waals surface area (Å²) in [7, 11) is 0. The summed E-state index contributed by atoms with van der Waals surface area (Å²) in [6.07, 6.45) is 3.11. The third kappa shape index (κ3) is 2.71. The van der Waals surface area contributed by atoms with Crippen LogP contribution in [0.1, 0.15) is 19.3 Å². The van der Waals surface area contributed by atoms with Crippen LogP contribution in [0, 0.1) is 6.57 Å². The lowest BCUT2D eigenvalue weighted by Gasteiger charge is -2.23. The minimum Gasteiger partial charge on any atom is -0.465 e. The monoisotopic (exact) mass is 203 g/mol. The molecule has 0 aromatic heterocycles. The highest BCUT2D eigenvalue weighted by Crippen LogP contribution is 2.21. The van der Waals surface area contributed by atoms with E-state index < -0.39 is 0 Å². The summed E-state index contributed by atoms with van der Waals surface area (Å²) in [5.74, 6) is 0.773. The molecule has 1 atom stereocenters. The second kappa shape index (κ2) is 4.81. The van der Waals surface area contributed by atoms with Crippen LogP contribution in [-0.2, 0) is 4.74 Å². The van der Waals surface area contributed by atoms with Gasteiger partial charge in [-0.15, -0.1) is 0 Å². The third-order valence-corrected chi connectivity index (χ3v) is 2.37. The predicted molar refractivity (Wildman–Crippen MR) is 56.9 cm³/mol. The summed E-state index contributed by atoms with van der Waals surface area (Å²) in [6.45, 7) is 7.61. The Morgan fingerprint density at radius 3 is 2.67 bits per heavy atom. The zero-order chi connectivity index (χ0) is 10.5. The fraction of sp³-hybridized carbons (Fsp3) is 0.417. The van der Waals surface area contributed by atoms with E-state index in [0.717, 1.165) is 31.6 Å². The topological polar surface area (TPSA) is 22.8 Å². The molecule has 2 rings (SSSR count). The minimum absolute atomic E-state index is 0.113. The maximum atomic E-state index is 6.83. The number of hydrogen-bond donors (Lipinski definition) is 0. The summed E-state index contributed by atoms with van der Waals surface area (Å²) < 4.78 is 11.1. The molecule has 3 nitrogen and oxygen atoms in total. The van der Waals surface area contributed by atoms with Gasteiger partial charge in [-0.3, -0.25) is 0 Å². The zero-order valence-electron chi connectivity index (χ0n) is 8.48. The molecule has 1 aromatic carbocycles. The number of benzene rings is 1. The molecule has 0 radical (unpaired) electrons. The first-order valence-corrected chi connectivity index (χ1v) is 5.14. The smallest absolute Gasteiger partial charge is 0.199 e. The molecule has 1 heterocycles. The third-order valence-electron chi connectivity index (χ3n) is 2.37. The zero-order valence-corrected chi connectivity index (χ0v) is 8.48. The summed E-state index contributed by atoms with van der Waals surface area (Å²) >= 11 is 0. The van der Waals surface area contributed by atoms with Crippen molar-refractivity contribution < 1.29 is 9.47 Å². The van der Waals surface area contributed by atoms with Gasteiger partial charge in [-0.1, -0.05) is 12.1 Å². The molecular formula is C12H13NO2. The lowest BCUT2D eigenvalue weighted by atomic mass is 10.2. The molecule has 1 aliphatic rings. The highest BCUT2D eigenvalue weighted by Gasteiger charge is 2.14. The molecule has 0 aliphatic carbocycles. The first-order chi connectivity index (χ1) is 7.38.